The average Bonchev–Trinajstić information content (AvgIpc) is 3.44. The maximum Gasteiger partial charge on any atom is 0.254 e. The molecule has 2 aliphatic carbocycles. The molecule has 3 aliphatic rings. The highest BCUT2D eigenvalue weighted by molar-refractivity contribution is 6.00. The maximum absolute atomic E-state index is 13.7. The number of ether oxygens (including phenoxy) is 1. The number of hydrogen-bond acceptors (Lipinski definition) is 6. The number of nitrogens with two attached hydrogens (primary N) is 2. The van der Waals surface area contributed by atoms with Crippen LogP contribution in [0.25, 0.3) is 44.8 Å². The van der Waals surface area contributed by atoms with Crippen molar-refractivity contribution in [2.75, 3.05) is 13.7 Å². The molecule has 4 N–H and O–H groups in total. The molecular formula is C34H35N7O3. The number of rotatable bonds is 7. The molecule has 10 nitrogen and oxygen atoms in total. The van der Waals surface area contributed by atoms with Gasteiger partial charge in [-0.1, -0.05) is 12.1 Å². The van der Waals surface area contributed by atoms with Gasteiger partial charge in [0.15, 0.2) is 5.82 Å². The van der Waals surface area contributed by atoms with Crippen molar-refractivity contribution in [3.63, 3.8) is 0 Å². The first-order chi connectivity index (χ1) is 21.3. The lowest BCUT2D eigenvalue weighted by molar-refractivity contribution is 0.0700. The van der Waals surface area contributed by atoms with Gasteiger partial charge in [0.1, 0.15) is 16.9 Å². The summed E-state index contributed by atoms with van der Waals surface area (Å²) in [4.78, 5) is 37.7. The number of fused-ring (bicyclic) bond motifs is 4. The molecule has 4 heterocycles. The number of hydrogen-bond donors (Lipinski definition) is 2. The van der Waals surface area contributed by atoms with Crippen molar-refractivity contribution in [2.24, 2.45) is 30.4 Å². The SMILES string of the molecule is COc1cc(C(=O)N2CC3CCC2C3N)cc2nc(-c3cc4ccc(-c5cccc(C(N)=O)c5)nc4n3CC3CC3)n(C)c12. The summed E-state index contributed by atoms with van der Waals surface area (Å²) < 4.78 is 10.1. The summed E-state index contributed by atoms with van der Waals surface area (Å²) in [6.07, 6.45) is 4.42. The second-order valence-corrected chi connectivity index (χ2v) is 12.6. The Morgan fingerprint density at radius 3 is 2.55 bits per heavy atom. The van der Waals surface area contributed by atoms with Gasteiger partial charge in [-0.25, -0.2) is 9.97 Å². The van der Waals surface area contributed by atoms with Crippen molar-refractivity contribution >= 4 is 33.9 Å². The highest BCUT2D eigenvalue weighted by atomic mass is 16.5. The average molecular weight is 590 g/mol. The van der Waals surface area contributed by atoms with E-state index in [-0.39, 0.29) is 18.0 Å². The van der Waals surface area contributed by atoms with Gasteiger partial charge in [-0.05, 0) is 80.0 Å². The van der Waals surface area contributed by atoms with Crippen LogP contribution in [0, 0.1) is 11.8 Å². The van der Waals surface area contributed by atoms with Gasteiger partial charge in [-0.3, -0.25) is 9.59 Å². The van der Waals surface area contributed by atoms with Gasteiger partial charge in [0.25, 0.3) is 5.91 Å². The molecule has 2 amide bonds. The normalized spacial score (nSPS) is 21.1. The molecule has 2 saturated carbocycles. The summed E-state index contributed by atoms with van der Waals surface area (Å²) in [6.45, 7) is 1.54. The number of piperidine rings is 1. The lowest BCUT2D eigenvalue weighted by atomic mass is 10.1. The number of methoxy groups -OCH3 is 1. The Labute approximate surface area is 254 Å². The van der Waals surface area contributed by atoms with Crippen LogP contribution in [-0.2, 0) is 13.6 Å². The van der Waals surface area contributed by atoms with E-state index >= 15 is 0 Å². The number of primary amides is 1. The van der Waals surface area contributed by atoms with Gasteiger partial charge >= 0.3 is 0 Å². The first-order valence-corrected chi connectivity index (χ1v) is 15.3. The van der Waals surface area contributed by atoms with Crippen LogP contribution in [0.1, 0.15) is 46.4 Å². The summed E-state index contributed by atoms with van der Waals surface area (Å²) in [5.41, 5.74) is 17.9. The zero-order chi connectivity index (χ0) is 30.3. The van der Waals surface area contributed by atoms with Crippen molar-refractivity contribution in [1.29, 1.82) is 0 Å². The third-order valence-electron chi connectivity index (χ3n) is 9.87. The lowest BCUT2D eigenvalue weighted by Crippen LogP contribution is -2.41. The summed E-state index contributed by atoms with van der Waals surface area (Å²) in [5.74, 6) is 1.88. The van der Waals surface area contributed by atoms with Crippen LogP contribution in [0.2, 0.25) is 0 Å². The molecule has 3 unspecified atom stereocenters. The van der Waals surface area contributed by atoms with E-state index in [0.29, 0.717) is 40.8 Å². The molecule has 8 rings (SSSR count). The topological polar surface area (TPSA) is 134 Å². The largest absolute Gasteiger partial charge is 0.494 e. The quantitative estimate of drug-likeness (QED) is 0.290. The van der Waals surface area contributed by atoms with Crippen molar-refractivity contribution < 1.29 is 14.3 Å². The molecule has 1 saturated heterocycles. The molecule has 2 aromatic carbocycles. The monoisotopic (exact) mass is 589 g/mol. The van der Waals surface area contributed by atoms with Gasteiger partial charge < -0.3 is 30.2 Å². The van der Waals surface area contributed by atoms with Gasteiger partial charge in [-0.15, -0.1) is 0 Å². The number of nitrogens with zero attached hydrogens (tertiary/aromatic N) is 5. The Kier molecular flexibility index (Phi) is 6.06. The molecule has 3 atom stereocenters. The molecule has 10 heteroatoms. The van der Waals surface area contributed by atoms with E-state index in [1.165, 1.54) is 12.8 Å². The maximum atomic E-state index is 13.7. The van der Waals surface area contributed by atoms with Crippen molar-refractivity contribution in [3.8, 4) is 28.5 Å². The molecule has 224 valence electrons. The fraction of sp³-hybridized carbons (Fsp3) is 0.353. The molecule has 0 spiro atoms. The number of pyridine rings is 1. The van der Waals surface area contributed by atoms with E-state index in [1.807, 2.05) is 46.8 Å². The van der Waals surface area contributed by atoms with Crippen molar-refractivity contribution in [3.05, 3.63) is 65.7 Å². The Morgan fingerprint density at radius 1 is 1.00 bits per heavy atom. The van der Waals surface area contributed by atoms with E-state index in [4.69, 9.17) is 26.2 Å². The van der Waals surface area contributed by atoms with Crippen LogP contribution in [0.15, 0.2) is 54.6 Å². The van der Waals surface area contributed by atoms with Crippen molar-refractivity contribution in [1.82, 2.24) is 24.0 Å². The molecule has 1 aliphatic heterocycles. The second-order valence-electron chi connectivity index (χ2n) is 12.6. The zero-order valence-corrected chi connectivity index (χ0v) is 24.9. The Bertz CT molecular complexity index is 1990. The lowest BCUT2D eigenvalue weighted by Gasteiger charge is -2.27. The number of aryl methyl sites for hydroxylation is 1. The molecule has 3 fully saturated rings. The Balaban J connectivity index is 1.24. The molecule has 3 aromatic heterocycles. The van der Waals surface area contributed by atoms with Crippen molar-refractivity contribution in [2.45, 2.75) is 44.3 Å². The molecule has 2 bridgehead atoms. The highest BCUT2D eigenvalue weighted by Crippen LogP contribution is 2.40. The van der Waals surface area contributed by atoms with E-state index in [1.54, 1.807) is 19.2 Å². The van der Waals surface area contributed by atoms with Crippen LogP contribution >= 0.6 is 0 Å². The third-order valence-corrected chi connectivity index (χ3v) is 9.87. The summed E-state index contributed by atoms with van der Waals surface area (Å²) in [6, 6.07) is 17.3. The van der Waals surface area contributed by atoms with E-state index < -0.39 is 5.91 Å². The minimum Gasteiger partial charge on any atom is -0.494 e. The fourth-order valence-electron chi connectivity index (χ4n) is 7.32. The van der Waals surface area contributed by atoms with Crippen LogP contribution < -0.4 is 16.2 Å². The molecule has 44 heavy (non-hydrogen) atoms. The molecular weight excluding hydrogens is 554 g/mol. The molecule has 0 radical (unpaired) electrons. The Morgan fingerprint density at radius 2 is 1.84 bits per heavy atom. The predicted octanol–water partition coefficient (Wildman–Crippen LogP) is 4.34. The summed E-state index contributed by atoms with van der Waals surface area (Å²) >= 11 is 0. The van der Waals surface area contributed by atoms with Crippen LogP contribution in [0.4, 0.5) is 0 Å². The van der Waals surface area contributed by atoms with E-state index in [2.05, 4.69) is 16.7 Å². The number of likely N-dealkylation sites (tertiary alicyclic amines) is 1. The highest BCUT2D eigenvalue weighted by Gasteiger charge is 2.47. The number of aromatic nitrogens is 4. The van der Waals surface area contributed by atoms with Crippen LogP contribution in [0.3, 0.4) is 0 Å². The van der Waals surface area contributed by atoms with Gasteiger partial charge in [0.2, 0.25) is 5.91 Å². The third kappa shape index (κ3) is 4.19. The minimum atomic E-state index is -0.467. The van der Waals surface area contributed by atoms with Gasteiger partial charge in [0.05, 0.1) is 24.0 Å². The van der Waals surface area contributed by atoms with E-state index in [0.717, 1.165) is 58.7 Å². The minimum absolute atomic E-state index is 0.0139. The number of benzene rings is 2. The zero-order valence-electron chi connectivity index (χ0n) is 24.9. The number of imidazole rings is 1. The Hall–Kier alpha value is -4.70. The van der Waals surface area contributed by atoms with Gasteiger partial charge in [0, 0.05) is 54.3 Å². The second kappa shape index (κ2) is 9.92. The number of carbonyl (C=O) groups is 2. The summed E-state index contributed by atoms with van der Waals surface area (Å²) in [7, 11) is 3.62. The fourth-order valence-corrected chi connectivity index (χ4v) is 7.32. The van der Waals surface area contributed by atoms with Crippen LogP contribution in [0.5, 0.6) is 5.75 Å². The number of carbonyl (C=O) groups excluding carboxylic acids is 2. The van der Waals surface area contributed by atoms with E-state index in [9.17, 15) is 9.59 Å². The smallest absolute Gasteiger partial charge is 0.254 e. The first-order valence-electron chi connectivity index (χ1n) is 15.3. The standard InChI is InChI=1S/C34H35N7O3/c1-39-30-25(13-23(15-28(30)44-2)34(43)41-17-22-9-11-26(41)29(22)35)38-33(39)27-14-21-8-10-24(19-4-3-5-20(12-19)31(36)42)37-32(21)40(27)16-18-6-7-18/h3-5,8,10,12-15,18,22,26,29H,6-7,9,11,16-17,35H2,1-2H3,(H2,36,42). The summed E-state index contributed by atoms with van der Waals surface area (Å²) in [5, 5.41) is 1.01. The predicted molar refractivity (Wildman–Crippen MR) is 168 cm³/mol. The van der Waals surface area contributed by atoms with Crippen LogP contribution in [-0.4, -0.2) is 61.6 Å². The number of amides is 2. The van der Waals surface area contributed by atoms with Gasteiger partial charge in [-0.2, -0.15) is 0 Å². The molecule has 5 aromatic rings. The first kappa shape index (κ1) is 26.9.